The van der Waals surface area contributed by atoms with Gasteiger partial charge in [-0.15, -0.1) is 0 Å². The van der Waals surface area contributed by atoms with Crippen LogP contribution in [0.15, 0.2) is 69.9 Å². The van der Waals surface area contributed by atoms with Crippen molar-refractivity contribution in [1.82, 2.24) is 10.2 Å². The number of carbonyl (C=O) groups excluding carboxylic acids is 2. The molecule has 7 nitrogen and oxygen atoms in total. The summed E-state index contributed by atoms with van der Waals surface area (Å²) in [6, 6.07) is 17.0. The number of amides is 1. The van der Waals surface area contributed by atoms with Gasteiger partial charge in [0.05, 0.1) is 12.5 Å². The highest BCUT2D eigenvalue weighted by Gasteiger charge is 2.28. The van der Waals surface area contributed by atoms with Crippen molar-refractivity contribution in [3.8, 4) is 0 Å². The molecule has 0 unspecified atom stereocenters. The smallest absolute Gasteiger partial charge is 0.446 e. The van der Waals surface area contributed by atoms with Gasteiger partial charge < -0.3 is 23.8 Å². The molecule has 2 saturated heterocycles. The number of rotatable bonds is 2. The monoisotopic (exact) mass is 631 g/mol. The van der Waals surface area contributed by atoms with Crippen LogP contribution in [0.4, 0.5) is 18.0 Å². The maximum atomic E-state index is 12.1. The van der Waals surface area contributed by atoms with E-state index >= 15 is 0 Å². The Morgan fingerprint density at radius 3 is 1.76 bits per heavy atom. The first-order chi connectivity index (χ1) is 21.8. The van der Waals surface area contributed by atoms with Crippen LogP contribution in [0.2, 0.25) is 0 Å². The standard InChI is InChI=1S/C18H23NO3.C13H15NO.C2HF3O.C2H6/c1-18(2,3)22-17(20)19-9-6-13(7-10-19)15-5-4-14-8-11-21-16(14)12-15;1-2-12(10-3-6-14-7-4-10)9-13-11(1)5-8-15-13;3-2(4,5)1-6;1-2/h4-5,8,11-13H,6-7,9-10H2,1-3H3;1-2,5,8-10,14H,3-4,6-7H2;1H;1-2H3/i;;;1D. The number of benzene rings is 2. The van der Waals surface area contributed by atoms with Crippen LogP contribution in [0.1, 0.15) is 84.6 Å². The zero-order valence-corrected chi connectivity index (χ0v) is 26.5. The molecule has 246 valence electrons. The third kappa shape index (κ3) is 11.3. The van der Waals surface area contributed by atoms with Crippen molar-refractivity contribution in [1.29, 1.82) is 0 Å². The zero-order valence-electron chi connectivity index (χ0n) is 27.5. The normalized spacial score (nSPS) is 16.3. The first-order valence-electron chi connectivity index (χ1n) is 16.0. The fraction of sp³-hybridized carbons (Fsp3) is 0.486. The van der Waals surface area contributed by atoms with Crippen LogP contribution in [-0.2, 0) is 9.53 Å². The van der Waals surface area contributed by atoms with Gasteiger partial charge in [0.25, 0.3) is 0 Å². The van der Waals surface area contributed by atoms with Crippen LogP contribution in [0.25, 0.3) is 21.9 Å². The molecule has 10 heteroatoms. The van der Waals surface area contributed by atoms with E-state index in [-0.39, 0.29) is 6.09 Å². The number of halogens is 3. The quantitative estimate of drug-likeness (QED) is 0.222. The van der Waals surface area contributed by atoms with Gasteiger partial charge in [0.15, 0.2) is 0 Å². The Labute approximate surface area is 264 Å². The molecule has 2 aliphatic rings. The molecule has 0 bridgehead atoms. The second-order valence-electron chi connectivity index (χ2n) is 11.9. The number of piperidine rings is 2. The molecular weight excluding hydrogens is 585 g/mol. The zero-order chi connectivity index (χ0) is 33.7. The minimum Gasteiger partial charge on any atom is -0.464 e. The van der Waals surface area contributed by atoms with Crippen LogP contribution >= 0.6 is 0 Å². The molecule has 1 N–H and O–H groups in total. The van der Waals surface area contributed by atoms with Gasteiger partial charge >= 0.3 is 12.3 Å². The van der Waals surface area contributed by atoms with Crippen molar-refractivity contribution in [2.24, 2.45) is 0 Å². The van der Waals surface area contributed by atoms with Crippen molar-refractivity contribution < 1.29 is 37.7 Å². The average Bonchev–Trinajstić information content (AvgIpc) is 3.70. The summed E-state index contributed by atoms with van der Waals surface area (Å²) in [6.45, 7) is 11.8. The summed E-state index contributed by atoms with van der Waals surface area (Å²) in [5.41, 5.74) is 4.25. The molecule has 0 saturated carbocycles. The first kappa shape index (κ1) is 34.1. The van der Waals surface area contributed by atoms with Gasteiger partial charge in [-0.05, 0) is 107 Å². The minimum absolute atomic E-state index is 0.201. The lowest BCUT2D eigenvalue weighted by atomic mass is 9.89. The molecule has 1 amide bonds. The SMILES string of the molecule is CC(C)(C)OC(=O)N1CCC(c2ccc3ccoc3c2)CC1.O=CC(F)(F)F.[2H]CC.c1cc2ccc(C3CCNCC3)cc2o1. The molecule has 0 atom stereocenters. The summed E-state index contributed by atoms with van der Waals surface area (Å²) < 4.78 is 53.8. The van der Waals surface area contributed by atoms with Crippen molar-refractivity contribution in [2.45, 2.75) is 83.9 Å². The minimum atomic E-state index is -4.64. The molecule has 2 fully saturated rings. The van der Waals surface area contributed by atoms with E-state index in [0.717, 1.165) is 55.6 Å². The van der Waals surface area contributed by atoms with Crippen LogP contribution in [0, 0.1) is 0 Å². The maximum absolute atomic E-state index is 12.1. The summed E-state index contributed by atoms with van der Waals surface area (Å²) in [5, 5.41) is 5.73. The number of nitrogens with one attached hydrogen (secondary N) is 1. The molecule has 0 radical (unpaired) electrons. The Bertz CT molecular complexity index is 1500. The molecule has 0 aliphatic carbocycles. The fourth-order valence-corrected chi connectivity index (χ4v) is 5.33. The number of nitrogens with zero attached hydrogens (tertiary/aromatic N) is 1. The van der Waals surface area contributed by atoms with Crippen LogP contribution in [0.3, 0.4) is 0 Å². The van der Waals surface area contributed by atoms with E-state index < -0.39 is 18.1 Å². The summed E-state index contributed by atoms with van der Waals surface area (Å²) >= 11 is 0. The topological polar surface area (TPSA) is 84.9 Å². The second kappa shape index (κ2) is 16.5. The summed E-state index contributed by atoms with van der Waals surface area (Å²) in [5.74, 6) is 1.19. The number of fused-ring (bicyclic) bond motifs is 2. The number of ether oxygens (including phenoxy) is 1. The van der Waals surface area contributed by atoms with Gasteiger partial charge in [0, 0.05) is 25.2 Å². The molecule has 45 heavy (non-hydrogen) atoms. The lowest BCUT2D eigenvalue weighted by Gasteiger charge is -2.33. The maximum Gasteiger partial charge on any atom is 0.446 e. The molecule has 0 spiro atoms. The van der Waals surface area contributed by atoms with E-state index in [1.807, 2.05) is 37.8 Å². The highest BCUT2D eigenvalue weighted by Crippen LogP contribution is 2.31. The Morgan fingerprint density at radius 1 is 0.889 bits per heavy atom. The highest BCUT2D eigenvalue weighted by atomic mass is 19.4. The Kier molecular flexibility index (Phi) is 12.5. The molecule has 4 aromatic rings. The average molecular weight is 632 g/mol. The predicted molar refractivity (Wildman–Crippen MR) is 171 cm³/mol. The van der Waals surface area contributed by atoms with Gasteiger partial charge in [-0.25, -0.2) is 4.79 Å². The van der Waals surface area contributed by atoms with Crippen molar-refractivity contribution >= 4 is 34.3 Å². The van der Waals surface area contributed by atoms with E-state index in [9.17, 15) is 18.0 Å². The second-order valence-corrected chi connectivity index (χ2v) is 11.9. The Morgan fingerprint density at radius 2 is 1.33 bits per heavy atom. The lowest BCUT2D eigenvalue weighted by Crippen LogP contribution is -2.41. The van der Waals surface area contributed by atoms with Gasteiger partial charge in [-0.3, -0.25) is 4.79 Å². The van der Waals surface area contributed by atoms with Crippen molar-refractivity contribution in [3.63, 3.8) is 0 Å². The predicted octanol–water partition coefficient (Wildman–Crippen LogP) is 9.22. The van der Waals surface area contributed by atoms with E-state index in [1.54, 1.807) is 19.5 Å². The number of aldehydes is 1. The third-order valence-corrected chi connectivity index (χ3v) is 7.52. The van der Waals surface area contributed by atoms with E-state index in [1.165, 1.54) is 29.4 Å². The van der Waals surface area contributed by atoms with Crippen LogP contribution in [0.5, 0.6) is 0 Å². The molecule has 6 rings (SSSR count). The number of furan rings is 2. The van der Waals surface area contributed by atoms with E-state index in [4.69, 9.17) is 19.7 Å². The Hall–Kier alpha value is -3.79. The Balaban J connectivity index is 0.000000206. The van der Waals surface area contributed by atoms with Crippen molar-refractivity contribution in [3.05, 3.63) is 72.2 Å². The largest absolute Gasteiger partial charge is 0.464 e. The fourth-order valence-electron chi connectivity index (χ4n) is 5.33. The number of carbonyl (C=O) groups is 2. The van der Waals surface area contributed by atoms with Crippen molar-refractivity contribution in [2.75, 3.05) is 26.2 Å². The van der Waals surface area contributed by atoms with Gasteiger partial charge in [-0.1, -0.05) is 38.1 Å². The van der Waals surface area contributed by atoms with Gasteiger partial charge in [0.1, 0.15) is 16.8 Å². The number of likely N-dealkylation sites (tertiary alicyclic amines) is 1. The molecule has 2 aromatic heterocycles. The summed E-state index contributed by atoms with van der Waals surface area (Å²) in [4.78, 5) is 22.6. The van der Waals surface area contributed by atoms with Crippen LogP contribution < -0.4 is 5.32 Å². The molecular formula is C35H45F3N2O5. The third-order valence-electron chi connectivity index (χ3n) is 7.52. The van der Waals surface area contributed by atoms with Crippen LogP contribution in [-0.4, -0.2) is 55.2 Å². The molecule has 2 aliphatic heterocycles. The number of hydrogen-bond donors (Lipinski definition) is 1. The van der Waals surface area contributed by atoms with E-state index in [0.29, 0.717) is 18.7 Å². The number of hydrogen-bond acceptors (Lipinski definition) is 6. The van der Waals surface area contributed by atoms with E-state index in [2.05, 4.69) is 41.7 Å². The first-order valence-corrected chi connectivity index (χ1v) is 15.3. The molecule has 2 aromatic carbocycles. The van der Waals surface area contributed by atoms with Gasteiger partial charge in [-0.2, -0.15) is 13.2 Å². The van der Waals surface area contributed by atoms with Gasteiger partial charge in [0.2, 0.25) is 6.29 Å². The summed E-state index contributed by atoms with van der Waals surface area (Å²) in [7, 11) is 0. The number of alkyl halides is 3. The highest BCUT2D eigenvalue weighted by molar-refractivity contribution is 5.78. The summed E-state index contributed by atoms with van der Waals surface area (Å²) in [6.07, 6.45) is 1.99. The molecule has 4 heterocycles. The lowest BCUT2D eigenvalue weighted by molar-refractivity contribution is -0.156.